The van der Waals surface area contributed by atoms with E-state index in [9.17, 15) is 17.6 Å². The number of methoxy groups -OCH3 is 1. The number of alkyl halides is 3. The summed E-state index contributed by atoms with van der Waals surface area (Å²) in [5.41, 5.74) is 2.99. The van der Waals surface area contributed by atoms with Crippen LogP contribution in [0.5, 0.6) is 11.5 Å². The van der Waals surface area contributed by atoms with Crippen molar-refractivity contribution in [2.24, 2.45) is 0 Å². The fourth-order valence-corrected chi connectivity index (χ4v) is 3.29. The zero-order valence-corrected chi connectivity index (χ0v) is 15.8. The van der Waals surface area contributed by atoms with Gasteiger partial charge in [0.2, 0.25) is 0 Å². The monoisotopic (exact) mass is 416 g/mol. The lowest BCUT2D eigenvalue weighted by Crippen LogP contribution is -2.17. The summed E-state index contributed by atoms with van der Waals surface area (Å²) >= 11 is 0. The number of nitrogens with one attached hydrogen (secondary N) is 1. The standard InChI is InChI=1S/C22H16F4N2O2/c1-29-19-7-3-5-14(20(19)23)8-16-12-28-21-18(16)10-15(11-27-21)13-4-2-6-17(9-13)30-22(24,25)26/h2-7,9-12H,8H2,1H3,(H,27,28). The number of fused-ring (bicyclic) bond motifs is 1. The smallest absolute Gasteiger partial charge is 0.494 e. The number of pyridine rings is 1. The number of nitrogens with zero attached hydrogens (tertiary/aromatic N) is 1. The molecular formula is C22H16F4N2O2. The highest BCUT2D eigenvalue weighted by molar-refractivity contribution is 5.85. The van der Waals surface area contributed by atoms with Gasteiger partial charge in [0.1, 0.15) is 11.4 Å². The Hall–Kier alpha value is -3.55. The van der Waals surface area contributed by atoms with Crippen LogP contribution in [0.4, 0.5) is 17.6 Å². The quantitative estimate of drug-likeness (QED) is 0.414. The van der Waals surface area contributed by atoms with Gasteiger partial charge in [0, 0.05) is 29.8 Å². The molecule has 4 rings (SSSR count). The van der Waals surface area contributed by atoms with Crippen LogP contribution in [0.25, 0.3) is 22.2 Å². The Kier molecular flexibility index (Phi) is 5.07. The highest BCUT2D eigenvalue weighted by Gasteiger charge is 2.31. The lowest BCUT2D eigenvalue weighted by atomic mass is 10.0. The first-order valence-corrected chi connectivity index (χ1v) is 8.97. The second-order valence-electron chi connectivity index (χ2n) is 6.62. The Bertz CT molecular complexity index is 1200. The van der Waals surface area contributed by atoms with Gasteiger partial charge in [-0.3, -0.25) is 0 Å². The zero-order valence-electron chi connectivity index (χ0n) is 15.8. The average molecular weight is 416 g/mol. The molecule has 4 nitrogen and oxygen atoms in total. The molecule has 0 unspecified atom stereocenters. The van der Waals surface area contributed by atoms with Crippen LogP contribution in [0.3, 0.4) is 0 Å². The maximum absolute atomic E-state index is 14.5. The number of benzene rings is 2. The van der Waals surface area contributed by atoms with Crippen molar-refractivity contribution in [2.45, 2.75) is 12.8 Å². The zero-order chi connectivity index (χ0) is 21.3. The first-order chi connectivity index (χ1) is 14.3. The van der Waals surface area contributed by atoms with Gasteiger partial charge in [-0.05, 0) is 41.0 Å². The number of rotatable bonds is 5. The Morgan fingerprint density at radius 2 is 1.80 bits per heavy atom. The van der Waals surface area contributed by atoms with Crippen LogP contribution in [0, 0.1) is 5.82 Å². The molecule has 0 saturated carbocycles. The molecule has 154 valence electrons. The van der Waals surface area contributed by atoms with Gasteiger partial charge in [0.25, 0.3) is 0 Å². The average Bonchev–Trinajstić information content (AvgIpc) is 3.10. The summed E-state index contributed by atoms with van der Waals surface area (Å²) in [6.07, 6.45) is -1.17. The second kappa shape index (κ2) is 7.70. The number of aromatic nitrogens is 2. The molecule has 0 aliphatic rings. The molecule has 0 radical (unpaired) electrons. The normalized spacial score (nSPS) is 11.6. The highest BCUT2D eigenvalue weighted by atomic mass is 19.4. The minimum absolute atomic E-state index is 0.160. The summed E-state index contributed by atoms with van der Waals surface area (Å²) < 4.78 is 61.1. The van der Waals surface area contributed by atoms with Crippen molar-refractivity contribution in [3.05, 3.63) is 77.9 Å². The molecule has 1 N–H and O–H groups in total. The Labute approximate surface area is 169 Å². The van der Waals surface area contributed by atoms with Gasteiger partial charge in [-0.1, -0.05) is 24.3 Å². The third-order valence-corrected chi connectivity index (χ3v) is 4.66. The molecule has 2 heterocycles. The molecule has 0 spiro atoms. The predicted molar refractivity (Wildman–Crippen MR) is 104 cm³/mol. The molecule has 4 aromatic rings. The van der Waals surface area contributed by atoms with Crippen LogP contribution in [-0.4, -0.2) is 23.4 Å². The second-order valence-corrected chi connectivity index (χ2v) is 6.62. The van der Waals surface area contributed by atoms with Crippen molar-refractivity contribution in [1.82, 2.24) is 9.97 Å². The van der Waals surface area contributed by atoms with Gasteiger partial charge in [-0.15, -0.1) is 13.2 Å². The minimum atomic E-state index is -4.77. The largest absolute Gasteiger partial charge is 0.573 e. The maximum atomic E-state index is 14.5. The van der Waals surface area contributed by atoms with Crippen molar-refractivity contribution in [3.63, 3.8) is 0 Å². The topological polar surface area (TPSA) is 47.1 Å². The van der Waals surface area contributed by atoms with Gasteiger partial charge in [-0.2, -0.15) is 0 Å². The molecule has 0 aliphatic carbocycles. The summed E-state index contributed by atoms with van der Waals surface area (Å²) in [4.78, 5) is 7.38. The fraction of sp³-hybridized carbons (Fsp3) is 0.136. The lowest BCUT2D eigenvalue weighted by molar-refractivity contribution is -0.274. The third kappa shape index (κ3) is 4.07. The van der Waals surface area contributed by atoms with Crippen LogP contribution in [-0.2, 0) is 6.42 Å². The summed E-state index contributed by atoms with van der Waals surface area (Å²) in [6, 6.07) is 12.4. The molecule has 0 saturated heterocycles. The minimum Gasteiger partial charge on any atom is -0.494 e. The van der Waals surface area contributed by atoms with E-state index in [1.165, 1.54) is 25.3 Å². The molecule has 2 aromatic carbocycles. The molecular weight excluding hydrogens is 400 g/mol. The van der Waals surface area contributed by atoms with E-state index in [0.29, 0.717) is 28.8 Å². The number of hydrogen-bond acceptors (Lipinski definition) is 3. The van der Waals surface area contributed by atoms with Crippen LogP contribution in [0.15, 0.2) is 60.9 Å². The summed E-state index contributed by atoms with van der Waals surface area (Å²) in [7, 11) is 1.40. The summed E-state index contributed by atoms with van der Waals surface area (Å²) in [5, 5.41) is 0.747. The number of halogens is 4. The van der Waals surface area contributed by atoms with Crippen molar-refractivity contribution >= 4 is 11.0 Å². The third-order valence-electron chi connectivity index (χ3n) is 4.66. The Morgan fingerprint density at radius 1 is 1.00 bits per heavy atom. The highest BCUT2D eigenvalue weighted by Crippen LogP contribution is 2.31. The number of ether oxygens (including phenoxy) is 2. The molecule has 0 fully saturated rings. The van der Waals surface area contributed by atoms with E-state index < -0.39 is 12.2 Å². The van der Waals surface area contributed by atoms with Crippen molar-refractivity contribution in [3.8, 4) is 22.6 Å². The lowest BCUT2D eigenvalue weighted by Gasteiger charge is -2.10. The van der Waals surface area contributed by atoms with Crippen LogP contribution >= 0.6 is 0 Å². The number of aromatic amines is 1. The van der Waals surface area contributed by atoms with E-state index in [-0.39, 0.29) is 11.5 Å². The molecule has 30 heavy (non-hydrogen) atoms. The predicted octanol–water partition coefficient (Wildman–Crippen LogP) is 5.87. The molecule has 0 aliphatic heterocycles. The van der Waals surface area contributed by atoms with E-state index in [1.54, 1.807) is 42.7 Å². The number of hydrogen-bond donors (Lipinski definition) is 1. The SMILES string of the molecule is COc1cccc(Cc2c[nH]c3ncc(-c4cccc(OC(F)(F)F)c4)cc23)c1F. The summed E-state index contributed by atoms with van der Waals surface area (Å²) in [6.45, 7) is 0. The van der Waals surface area contributed by atoms with Crippen LogP contribution in [0.2, 0.25) is 0 Å². The van der Waals surface area contributed by atoms with Crippen molar-refractivity contribution in [2.75, 3.05) is 7.11 Å². The van der Waals surface area contributed by atoms with E-state index in [0.717, 1.165) is 10.9 Å². The van der Waals surface area contributed by atoms with Crippen molar-refractivity contribution < 1.29 is 27.0 Å². The van der Waals surface area contributed by atoms with E-state index in [4.69, 9.17) is 4.74 Å². The molecule has 8 heteroatoms. The van der Waals surface area contributed by atoms with Gasteiger partial charge in [0.15, 0.2) is 11.6 Å². The van der Waals surface area contributed by atoms with Crippen molar-refractivity contribution in [1.29, 1.82) is 0 Å². The number of H-pyrrole nitrogens is 1. The first-order valence-electron chi connectivity index (χ1n) is 8.97. The van der Waals surface area contributed by atoms with Crippen LogP contribution in [0.1, 0.15) is 11.1 Å². The molecule has 2 aromatic heterocycles. The molecule has 0 atom stereocenters. The Balaban J connectivity index is 1.70. The van der Waals surface area contributed by atoms with Gasteiger partial charge < -0.3 is 14.5 Å². The maximum Gasteiger partial charge on any atom is 0.573 e. The fourth-order valence-electron chi connectivity index (χ4n) is 3.29. The van der Waals surface area contributed by atoms with E-state index in [1.807, 2.05) is 0 Å². The van der Waals surface area contributed by atoms with Gasteiger partial charge in [-0.25, -0.2) is 9.37 Å². The molecule has 0 bridgehead atoms. The summed E-state index contributed by atoms with van der Waals surface area (Å²) in [5.74, 6) is -0.587. The van der Waals surface area contributed by atoms with Gasteiger partial charge >= 0.3 is 6.36 Å². The van der Waals surface area contributed by atoms with Gasteiger partial charge in [0.05, 0.1) is 7.11 Å². The Morgan fingerprint density at radius 3 is 2.57 bits per heavy atom. The first kappa shape index (κ1) is 19.8. The van der Waals surface area contributed by atoms with E-state index in [2.05, 4.69) is 14.7 Å². The van der Waals surface area contributed by atoms with Crippen LogP contribution < -0.4 is 9.47 Å². The molecule has 0 amide bonds. The van der Waals surface area contributed by atoms with E-state index >= 15 is 0 Å².